The van der Waals surface area contributed by atoms with Gasteiger partial charge in [-0.1, -0.05) is 83.3 Å². The number of aliphatic hydroxyl groups excluding tert-OH is 1. The molecule has 1 unspecified atom stereocenters. The van der Waals surface area contributed by atoms with E-state index < -0.39 is 19.9 Å². The summed E-state index contributed by atoms with van der Waals surface area (Å²) in [5.41, 5.74) is -0.871. The third-order valence-corrected chi connectivity index (χ3v) is 6.11. The van der Waals surface area contributed by atoms with Crippen molar-refractivity contribution in [3.8, 4) is 0 Å². The van der Waals surface area contributed by atoms with Crippen LogP contribution in [0.4, 0.5) is 0 Å². The van der Waals surface area contributed by atoms with Gasteiger partial charge < -0.3 is 14.9 Å². The number of allylic oxidation sites excluding steroid dienone is 2. The molecule has 5 heteroatoms. The minimum absolute atomic E-state index is 0.419. The Morgan fingerprint density at radius 1 is 0.760 bits per heavy atom. The van der Waals surface area contributed by atoms with Gasteiger partial charge in [0.15, 0.2) is 0 Å². The van der Waals surface area contributed by atoms with E-state index in [0.717, 1.165) is 19.3 Å². The van der Waals surface area contributed by atoms with E-state index in [-0.39, 0.29) is 0 Å². The predicted octanol–water partition coefficient (Wildman–Crippen LogP) is 5.95. The van der Waals surface area contributed by atoms with Crippen molar-refractivity contribution in [2.24, 2.45) is 0 Å². The van der Waals surface area contributed by atoms with Crippen LogP contribution in [0, 0.1) is 0 Å². The highest BCUT2D eigenvalue weighted by Gasteiger charge is 2.26. The molecule has 0 aliphatic heterocycles. The minimum Gasteiger partial charge on any atom is -0.395 e. The SMILES string of the molecule is CCCCCCCC/C=C\CCCCCCCCC(CO)P(=O)(O)O. The van der Waals surface area contributed by atoms with Crippen LogP contribution in [0.15, 0.2) is 12.2 Å². The van der Waals surface area contributed by atoms with Crippen LogP contribution in [0.5, 0.6) is 0 Å². The maximum Gasteiger partial charge on any atom is 0.330 e. The molecule has 4 nitrogen and oxygen atoms in total. The first-order chi connectivity index (χ1) is 12.0. The van der Waals surface area contributed by atoms with Crippen LogP contribution in [0.1, 0.15) is 103 Å². The van der Waals surface area contributed by atoms with Gasteiger partial charge in [0.25, 0.3) is 0 Å². The van der Waals surface area contributed by atoms with Crippen LogP contribution in [0.3, 0.4) is 0 Å². The number of aliphatic hydroxyl groups is 1. The fourth-order valence-electron chi connectivity index (χ4n) is 2.99. The smallest absolute Gasteiger partial charge is 0.330 e. The van der Waals surface area contributed by atoms with E-state index >= 15 is 0 Å². The van der Waals surface area contributed by atoms with E-state index in [9.17, 15) is 4.57 Å². The van der Waals surface area contributed by atoms with Gasteiger partial charge in [-0.3, -0.25) is 4.57 Å². The summed E-state index contributed by atoms with van der Waals surface area (Å²) in [6, 6.07) is 0. The van der Waals surface area contributed by atoms with E-state index in [2.05, 4.69) is 19.1 Å². The topological polar surface area (TPSA) is 77.8 Å². The molecule has 0 heterocycles. The normalized spacial score (nSPS) is 13.6. The number of hydrogen-bond acceptors (Lipinski definition) is 2. The van der Waals surface area contributed by atoms with Gasteiger partial charge >= 0.3 is 7.60 Å². The van der Waals surface area contributed by atoms with E-state index in [1.54, 1.807) is 0 Å². The number of unbranched alkanes of at least 4 members (excludes halogenated alkanes) is 12. The van der Waals surface area contributed by atoms with E-state index in [1.807, 2.05) is 0 Å². The fraction of sp³-hybridized carbons (Fsp3) is 0.900. The van der Waals surface area contributed by atoms with Crippen molar-refractivity contribution >= 4 is 7.60 Å². The summed E-state index contributed by atoms with van der Waals surface area (Å²) in [5, 5.41) is 8.99. The van der Waals surface area contributed by atoms with Gasteiger partial charge in [0.05, 0.1) is 12.3 Å². The first-order valence-electron chi connectivity index (χ1n) is 10.3. The van der Waals surface area contributed by atoms with Crippen LogP contribution in [-0.2, 0) is 4.57 Å². The van der Waals surface area contributed by atoms with Crippen molar-refractivity contribution < 1.29 is 19.5 Å². The Balaban J connectivity index is 3.31. The molecule has 0 radical (unpaired) electrons. The standard InChI is InChI=1S/C20H41O4P/c1-2-3-4-5-6-7-8-9-10-11-12-13-14-15-16-17-18-20(19-21)25(22,23)24/h9-10,20-21H,2-8,11-19H2,1H3,(H2,22,23,24)/b10-9-. The van der Waals surface area contributed by atoms with Gasteiger partial charge in [0, 0.05) is 0 Å². The van der Waals surface area contributed by atoms with Crippen molar-refractivity contribution in [3.63, 3.8) is 0 Å². The Morgan fingerprint density at radius 3 is 1.64 bits per heavy atom. The predicted molar refractivity (Wildman–Crippen MR) is 107 cm³/mol. The number of hydrogen-bond donors (Lipinski definition) is 3. The summed E-state index contributed by atoms with van der Waals surface area (Å²) >= 11 is 0. The summed E-state index contributed by atoms with van der Waals surface area (Å²) in [5.74, 6) is 0. The quantitative estimate of drug-likeness (QED) is 0.157. The van der Waals surface area contributed by atoms with Crippen LogP contribution in [-0.4, -0.2) is 27.2 Å². The molecule has 3 N–H and O–H groups in total. The lowest BCUT2D eigenvalue weighted by Gasteiger charge is -2.15. The highest BCUT2D eigenvalue weighted by molar-refractivity contribution is 7.52. The summed E-state index contributed by atoms with van der Waals surface area (Å²) in [6.45, 7) is 1.83. The summed E-state index contributed by atoms with van der Waals surface area (Å²) in [4.78, 5) is 18.1. The Labute approximate surface area is 155 Å². The molecular weight excluding hydrogens is 335 g/mol. The highest BCUT2D eigenvalue weighted by atomic mass is 31.2. The molecule has 0 aromatic heterocycles. The van der Waals surface area contributed by atoms with Crippen LogP contribution >= 0.6 is 7.60 Å². The minimum atomic E-state index is -4.12. The number of rotatable bonds is 18. The van der Waals surface area contributed by atoms with Gasteiger partial charge in [-0.2, -0.15) is 0 Å². The molecule has 0 aromatic carbocycles. The van der Waals surface area contributed by atoms with Gasteiger partial charge in [0.1, 0.15) is 0 Å². The molecule has 0 amide bonds. The van der Waals surface area contributed by atoms with Gasteiger partial charge in [-0.25, -0.2) is 0 Å². The van der Waals surface area contributed by atoms with Crippen molar-refractivity contribution in [2.75, 3.05) is 6.61 Å². The molecule has 0 fully saturated rings. The second-order valence-corrected chi connectivity index (χ2v) is 9.06. The average molecular weight is 377 g/mol. The monoisotopic (exact) mass is 376 g/mol. The summed E-state index contributed by atoms with van der Waals surface area (Å²) in [6.07, 6.45) is 22.1. The molecule has 0 spiro atoms. The van der Waals surface area contributed by atoms with Gasteiger partial charge in [0.2, 0.25) is 0 Å². The zero-order valence-corrected chi connectivity index (χ0v) is 17.1. The molecule has 0 rings (SSSR count). The Kier molecular flexibility index (Phi) is 17.2. The second-order valence-electron chi connectivity index (χ2n) is 7.15. The largest absolute Gasteiger partial charge is 0.395 e. The van der Waals surface area contributed by atoms with Gasteiger partial charge in [-0.15, -0.1) is 0 Å². The van der Waals surface area contributed by atoms with Crippen LogP contribution in [0.2, 0.25) is 0 Å². The van der Waals surface area contributed by atoms with Crippen LogP contribution in [0.25, 0.3) is 0 Å². The molecule has 0 bridgehead atoms. The summed E-state index contributed by atoms with van der Waals surface area (Å²) in [7, 11) is -4.12. The lowest BCUT2D eigenvalue weighted by Crippen LogP contribution is -2.13. The first-order valence-corrected chi connectivity index (χ1v) is 12.0. The molecule has 0 aliphatic carbocycles. The lowest BCUT2D eigenvalue weighted by atomic mass is 10.1. The highest BCUT2D eigenvalue weighted by Crippen LogP contribution is 2.43. The second kappa shape index (κ2) is 17.3. The maximum atomic E-state index is 11.1. The molecule has 1 atom stereocenters. The van der Waals surface area contributed by atoms with E-state index in [1.165, 1.54) is 70.6 Å². The third-order valence-electron chi connectivity index (χ3n) is 4.74. The molecule has 150 valence electrons. The molecule has 25 heavy (non-hydrogen) atoms. The van der Waals surface area contributed by atoms with Crippen molar-refractivity contribution in [3.05, 3.63) is 12.2 Å². The van der Waals surface area contributed by atoms with E-state index in [4.69, 9.17) is 14.9 Å². The summed E-state index contributed by atoms with van der Waals surface area (Å²) < 4.78 is 11.1. The lowest BCUT2D eigenvalue weighted by molar-refractivity contribution is 0.257. The van der Waals surface area contributed by atoms with Crippen LogP contribution < -0.4 is 0 Å². The third kappa shape index (κ3) is 17.0. The van der Waals surface area contributed by atoms with Gasteiger partial charge in [-0.05, 0) is 32.1 Å². The van der Waals surface area contributed by atoms with Crippen molar-refractivity contribution in [1.29, 1.82) is 0 Å². The fourth-order valence-corrected chi connectivity index (χ4v) is 3.72. The Morgan fingerprint density at radius 2 is 1.20 bits per heavy atom. The molecule has 0 saturated carbocycles. The Bertz CT molecular complexity index is 352. The zero-order chi connectivity index (χ0) is 18.8. The molecular formula is C20H41O4P. The maximum absolute atomic E-state index is 11.1. The first kappa shape index (κ1) is 24.8. The van der Waals surface area contributed by atoms with E-state index in [0.29, 0.717) is 6.42 Å². The Hall–Kier alpha value is -0.150. The molecule has 0 aromatic rings. The molecule has 0 saturated heterocycles. The molecule has 0 aliphatic rings. The zero-order valence-electron chi connectivity index (χ0n) is 16.2. The van der Waals surface area contributed by atoms with Crippen molar-refractivity contribution in [2.45, 2.75) is 109 Å². The van der Waals surface area contributed by atoms with Crippen molar-refractivity contribution in [1.82, 2.24) is 0 Å². The average Bonchev–Trinajstić information content (AvgIpc) is 2.56.